The summed E-state index contributed by atoms with van der Waals surface area (Å²) >= 11 is 0. The van der Waals surface area contributed by atoms with Crippen LogP contribution in [0, 0.1) is 34.5 Å². The first kappa shape index (κ1) is 43.4. The Balaban J connectivity index is 0.916. The molecule has 3 saturated carbocycles. The molecule has 1 spiro atoms. The molecule has 3 aromatic carbocycles. The van der Waals surface area contributed by atoms with Gasteiger partial charge in [0, 0.05) is 36.2 Å². The number of likely N-dealkylation sites (tertiary alicyclic amines) is 1. The zero-order valence-corrected chi connectivity index (χ0v) is 37.9. The molecule has 0 radical (unpaired) electrons. The van der Waals surface area contributed by atoms with Gasteiger partial charge in [-0.05, 0) is 140 Å². The van der Waals surface area contributed by atoms with Crippen molar-refractivity contribution in [3.8, 4) is 22.3 Å². The molecule has 4 aliphatic carbocycles. The standard InChI is InChI=1S/C52H58F2N6O5/c1-8-51(25-50(17-18-50)26-60(51)46(61)43(27(2)3)59-48(63)64-7)44-38(55)22-33(24-56-44)29-12-15-35-34-14-11-28(20-36(34)52(53,54)37(35)21-29)30-13-16-39-40(23-30)58-45(57-39)41-31-9-10-32(19-31)42(41)47(62)65-49(4,5)6/h8,11-16,20-21,23-24,27,31-32,41-43,46,55,61H,1,9-10,17-19,22,25-26H2,2-7H3,(H,57,58)(H,59,63). The number of imidazole rings is 1. The van der Waals surface area contributed by atoms with Gasteiger partial charge < -0.3 is 30.3 Å². The number of aliphatic hydroxyl groups is 1. The lowest BCUT2D eigenvalue weighted by atomic mass is 9.78. The maximum atomic E-state index is 16.7. The van der Waals surface area contributed by atoms with Crippen LogP contribution in [0.2, 0.25) is 0 Å². The van der Waals surface area contributed by atoms with Crippen molar-refractivity contribution in [1.82, 2.24) is 20.2 Å². The summed E-state index contributed by atoms with van der Waals surface area (Å²) in [6, 6.07) is 15.4. The topological polar surface area (TPSA) is 153 Å². The summed E-state index contributed by atoms with van der Waals surface area (Å²) in [7, 11) is 1.28. The number of benzene rings is 3. The fourth-order valence-electron chi connectivity index (χ4n) is 12.0. The molecule has 4 N–H and O–H groups in total. The monoisotopic (exact) mass is 884 g/mol. The summed E-state index contributed by atoms with van der Waals surface area (Å²) in [6.45, 7) is 14.3. The molecule has 2 aliphatic heterocycles. The molecule has 1 saturated heterocycles. The molecular weight excluding hydrogens is 827 g/mol. The van der Waals surface area contributed by atoms with Crippen LogP contribution in [0.4, 0.5) is 13.6 Å². The molecular formula is C52H58F2N6O5. The Morgan fingerprint density at radius 1 is 1.02 bits per heavy atom. The summed E-state index contributed by atoms with van der Waals surface area (Å²) in [5.41, 5.74) is 4.04. The second-order valence-electron chi connectivity index (χ2n) is 20.9. The summed E-state index contributed by atoms with van der Waals surface area (Å²) in [4.78, 5) is 41.1. The van der Waals surface area contributed by atoms with Gasteiger partial charge in [0.25, 0.3) is 5.92 Å². The van der Waals surface area contributed by atoms with Gasteiger partial charge in [-0.1, -0.05) is 50.3 Å². The number of nitrogens with zero attached hydrogens (tertiary/aromatic N) is 3. The molecule has 4 aromatic rings. The molecule has 7 unspecified atom stereocenters. The van der Waals surface area contributed by atoms with E-state index in [0.29, 0.717) is 52.4 Å². The van der Waals surface area contributed by atoms with Crippen LogP contribution in [-0.2, 0) is 20.2 Å². The minimum atomic E-state index is -3.28. The predicted octanol–water partition coefficient (Wildman–Crippen LogP) is 10.1. The molecule has 3 heterocycles. The third kappa shape index (κ3) is 7.15. The number of allylic oxidation sites excluding steroid dienone is 1. The van der Waals surface area contributed by atoms with Gasteiger partial charge in [-0.3, -0.25) is 14.7 Å². The number of aromatic amines is 1. The quantitative estimate of drug-likeness (QED) is 0.0914. The Morgan fingerprint density at radius 2 is 1.68 bits per heavy atom. The second kappa shape index (κ2) is 15.3. The third-order valence-electron chi connectivity index (χ3n) is 15.3. The van der Waals surface area contributed by atoms with E-state index in [2.05, 4.69) is 16.9 Å². The van der Waals surface area contributed by atoms with Crippen LogP contribution in [0.15, 0.2) is 78.4 Å². The number of halogens is 2. The minimum absolute atomic E-state index is 0.0541. The number of hydrogen-bond acceptors (Lipinski definition) is 9. The Hall–Kier alpha value is -5.53. The zero-order valence-electron chi connectivity index (χ0n) is 37.9. The molecule has 2 bridgehead atoms. The first-order valence-corrected chi connectivity index (χ1v) is 23.0. The summed E-state index contributed by atoms with van der Waals surface area (Å²) in [6.07, 6.45) is 7.44. The number of carbonyl (C=O) groups is 2. The number of aliphatic hydroxyl groups excluding tert-OH is 1. The maximum absolute atomic E-state index is 16.7. The maximum Gasteiger partial charge on any atom is 0.407 e. The predicted molar refractivity (Wildman–Crippen MR) is 247 cm³/mol. The molecule has 1 aromatic heterocycles. The number of carbonyl (C=O) groups excluding carboxylic acids is 2. The van der Waals surface area contributed by atoms with Crippen molar-refractivity contribution in [3.63, 3.8) is 0 Å². The average Bonchev–Trinajstić information content (AvgIpc) is 3.71. The van der Waals surface area contributed by atoms with Crippen molar-refractivity contribution in [2.45, 2.75) is 115 Å². The van der Waals surface area contributed by atoms with Crippen molar-refractivity contribution in [1.29, 1.82) is 5.41 Å². The minimum Gasteiger partial charge on any atom is -0.460 e. The van der Waals surface area contributed by atoms with Gasteiger partial charge in [0.1, 0.15) is 17.7 Å². The molecule has 7 atom stereocenters. The second-order valence-corrected chi connectivity index (χ2v) is 20.9. The lowest BCUT2D eigenvalue weighted by Crippen LogP contribution is -2.62. The van der Waals surface area contributed by atoms with Gasteiger partial charge in [-0.15, -0.1) is 6.58 Å². The number of amides is 1. The molecule has 13 heteroatoms. The highest BCUT2D eigenvalue weighted by Gasteiger charge is 2.62. The number of esters is 1. The van der Waals surface area contributed by atoms with E-state index in [1.54, 1.807) is 30.5 Å². The smallest absolute Gasteiger partial charge is 0.407 e. The fourth-order valence-corrected chi connectivity index (χ4v) is 12.0. The summed E-state index contributed by atoms with van der Waals surface area (Å²) in [5, 5.41) is 24.1. The van der Waals surface area contributed by atoms with Gasteiger partial charge >= 0.3 is 12.1 Å². The number of ether oxygens (including phenoxy) is 2. The highest BCUT2D eigenvalue weighted by atomic mass is 19.3. The Morgan fingerprint density at radius 3 is 2.32 bits per heavy atom. The number of H-pyrrole nitrogens is 1. The largest absolute Gasteiger partial charge is 0.460 e. The van der Waals surface area contributed by atoms with Crippen molar-refractivity contribution in [2.24, 2.45) is 34.1 Å². The number of hydrogen-bond donors (Lipinski definition) is 4. The van der Waals surface area contributed by atoms with Gasteiger partial charge in [0.15, 0.2) is 0 Å². The SMILES string of the molecule is C=CC1(C2=NC=C(c3ccc4c(c3)C(F)(F)c3cc(-c5ccc6nc(C7C8CCC(C8)C7C(=O)OC(C)(C)C)[nH]c6c5)ccc3-4)CC2=N)CC2(CC2)CN1C(O)C(NC(=O)OC)C(C)C. The van der Waals surface area contributed by atoms with Gasteiger partial charge in [0.2, 0.25) is 0 Å². The molecule has 10 rings (SSSR count). The number of aromatic nitrogens is 2. The molecule has 6 aliphatic rings. The summed E-state index contributed by atoms with van der Waals surface area (Å²) < 4.78 is 44.2. The van der Waals surface area contributed by atoms with E-state index in [-0.39, 0.29) is 58.3 Å². The molecule has 4 fully saturated rings. The van der Waals surface area contributed by atoms with E-state index in [1.807, 2.05) is 69.9 Å². The van der Waals surface area contributed by atoms with Crippen LogP contribution in [0.5, 0.6) is 0 Å². The molecule has 340 valence electrons. The molecule has 65 heavy (non-hydrogen) atoms. The Kier molecular flexibility index (Phi) is 10.2. The van der Waals surface area contributed by atoms with Crippen molar-refractivity contribution in [3.05, 3.63) is 96.0 Å². The van der Waals surface area contributed by atoms with Crippen LogP contribution < -0.4 is 5.32 Å². The molecule has 11 nitrogen and oxygen atoms in total. The van der Waals surface area contributed by atoms with Gasteiger partial charge in [-0.25, -0.2) is 9.78 Å². The van der Waals surface area contributed by atoms with Crippen molar-refractivity contribution >= 4 is 40.1 Å². The number of rotatable bonds is 10. The van der Waals surface area contributed by atoms with E-state index in [9.17, 15) is 20.1 Å². The van der Waals surface area contributed by atoms with Crippen LogP contribution >= 0.6 is 0 Å². The highest BCUT2D eigenvalue weighted by Crippen LogP contribution is 2.60. The van der Waals surface area contributed by atoms with Crippen LogP contribution in [-0.4, -0.2) is 80.5 Å². The van der Waals surface area contributed by atoms with Crippen LogP contribution in [0.25, 0.3) is 38.9 Å². The normalized spacial score (nSPS) is 27.0. The van der Waals surface area contributed by atoms with Gasteiger partial charge in [-0.2, -0.15) is 8.78 Å². The van der Waals surface area contributed by atoms with E-state index >= 15 is 8.78 Å². The fraction of sp³-hybridized carbons (Fsp3) is 0.481. The number of alkyl halides is 2. The lowest BCUT2D eigenvalue weighted by Gasteiger charge is -2.43. The Labute approximate surface area is 378 Å². The van der Waals surface area contributed by atoms with E-state index in [1.165, 1.54) is 13.2 Å². The van der Waals surface area contributed by atoms with Crippen molar-refractivity contribution < 1.29 is 33.0 Å². The van der Waals surface area contributed by atoms with Crippen LogP contribution in [0.3, 0.4) is 0 Å². The number of fused-ring (bicyclic) bond motifs is 6. The summed E-state index contributed by atoms with van der Waals surface area (Å²) in [5.74, 6) is -2.46. The number of nitrogens with one attached hydrogen (secondary N) is 3. The Bertz CT molecular complexity index is 2730. The zero-order chi connectivity index (χ0) is 46.0. The first-order valence-electron chi connectivity index (χ1n) is 23.0. The van der Waals surface area contributed by atoms with Crippen molar-refractivity contribution in [2.75, 3.05) is 13.7 Å². The number of methoxy groups -OCH3 is 1. The first-order chi connectivity index (χ1) is 30.8. The number of alkyl carbamates (subject to hydrolysis) is 1. The lowest BCUT2D eigenvalue weighted by molar-refractivity contribution is -0.162. The van der Waals surface area contributed by atoms with E-state index < -0.39 is 35.4 Å². The average molecular weight is 885 g/mol. The van der Waals surface area contributed by atoms with Crippen LogP contribution in [0.1, 0.15) is 108 Å². The third-order valence-corrected chi connectivity index (χ3v) is 15.3. The van der Waals surface area contributed by atoms with E-state index in [4.69, 9.17) is 19.5 Å². The molecule has 1 amide bonds. The highest BCUT2D eigenvalue weighted by molar-refractivity contribution is 6.47. The number of aliphatic imine (C=N–C) groups is 1. The van der Waals surface area contributed by atoms with Gasteiger partial charge in [0.05, 0.1) is 47.1 Å². The van der Waals surface area contributed by atoms with E-state index in [0.717, 1.165) is 54.5 Å².